The zero-order valence-corrected chi connectivity index (χ0v) is 73.5. The molecule has 0 bridgehead atoms. The Hall–Kier alpha value is -16.2. The Morgan fingerprint density at radius 2 is 0.545 bits per heavy atom. The number of para-hydroxylation sites is 2. The van der Waals surface area contributed by atoms with Gasteiger partial charge in [0.05, 0.1) is 75.4 Å². The molecule has 0 unspecified atom stereocenters. The van der Waals surface area contributed by atoms with Crippen molar-refractivity contribution >= 4 is 72.1 Å². The molecule has 16 heteroatoms. The largest absolute Gasteiger partial charge is 0.494 e. The van der Waals surface area contributed by atoms with Gasteiger partial charge in [-0.1, -0.05) is 376 Å². The van der Waals surface area contributed by atoms with Crippen molar-refractivity contribution in [3.63, 3.8) is 0 Å². The lowest BCUT2D eigenvalue weighted by molar-refractivity contribution is 0.00578. The quantitative estimate of drug-likeness (QED) is 0.0667. The second kappa shape index (κ2) is 36.1. The van der Waals surface area contributed by atoms with Crippen LogP contribution in [0.1, 0.15) is 41.4 Å². The van der Waals surface area contributed by atoms with Crippen molar-refractivity contribution in [2.24, 2.45) is 0 Å². The summed E-state index contributed by atoms with van der Waals surface area (Å²) in [5.41, 5.74) is 18.4. The van der Waals surface area contributed by atoms with Gasteiger partial charge in [0.15, 0.2) is 46.6 Å². The first-order valence-electron chi connectivity index (χ1n) is 48.2. The summed E-state index contributed by atoms with van der Waals surface area (Å²) in [5.74, 6) is 2.21. The number of aromatic nitrogens is 12. The summed E-state index contributed by atoms with van der Waals surface area (Å²) < 4.78 is 105. The van der Waals surface area contributed by atoms with E-state index in [9.17, 15) is 0 Å². The molecule has 0 amide bonds. The lowest BCUT2D eigenvalue weighted by Gasteiger charge is -2.32. The van der Waals surface area contributed by atoms with Gasteiger partial charge < -0.3 is 18.4 Å². The molecule has 0 saturated carbocycles. The molecular formula is C116H84BBrN12O2. The van der Waals surface area contributed by atoms with Gasteiger partial charge in [-0.25, -0.2) is 49.8 Å². The molecule has 7 heterocycles. The predicted molar refractivity (Wildman–Crippen MR) is 540 cm³/mol. The van der Waals surface area contributed by atoms with Crippen LogP contribution in [0.4, 0.5) is 0 Å². The monoisotopic (exact) mass is 1780 g/mol. The Balaban J connectivity index is 0.000000143. The Kier molecular flexibility index (Phi) is 19.6. The van der Waals surface area contributed by atoms with Crippen LogP contribution in [-0.4, -0.2) is 77.3 Å². The Labute approximate surface area is 787 Å². The van der Waals surface area contributed by atoms with Crippen LogP contribution in [-0.2, 0) is 9.31 Å². The molecular weight excluding hydrogens is 1680 g/mol. The number of hydrogen-bond acceptors (Lipinski definition) is 12. The van der Waals surface area contributed by atoms with Gasteiger partial charge in [0.25, 0.3) is 0 Å². The number of halogens is 1. The highest BCUT2D eigenvalue weighted by Crippen LogP contribution is 2.44. The van der Waals surface area contributed by atoms with Crippen molar-refractivity contribution in [3.8, 4) is 159 Å². The van der Waals surface area contributed by atoms with E-state index in [4.69, 9.17) is 62.9 Å². The number of hydrogen-bond donors (Lipinski definition) is 0. The summed E-state index contributed by atoms with van der Waals surface area (Å²) in [6.45, 7) is 8.04. The van der Waals surface area contributed by atoms with Crippen molar-refractivity contribution in [3.05, 3.63) is 441 Å². The standard InChI is InChI=1S/C55H36N6.C45H37BN4O2.C16H11BrN2/c1-6-18-37(19-7-1)42-30-32-45-44-28-16-17-29-49(44)61(51(45)35-42)50-33-31-43(48-36-47(38-20-8-2-9-21-38)56-52(57-48)39-22-10-3-11-23-39)34-46(50)55-59-53(40-24-12-4-13-25-40)58-54(60-55)41-26-14-5-15-27-41;1-44(2)45(3,4)52-46(51-44)34-25-27-39(50-38-23-15-14-22-35(38)36-26-24-33(28-40(36)50)30-16-8-5-9-17-30)37(29-34)43-48-41(31-18-10-6-11-19-31)47-42(49-43)32-20-12-7-13-21-32;17-15-11-14(12-7-3-1-4-8-12)18-16(19-15)13-9-5-2-6-10-13/h1-36H;5-29H,1-4H3;1-11H/i4D,12D,13D,24D,25D;6D,10D,11D,18D,19D;. The van der Waals surface area contributed by atoms with Gasteiger partial charge in [-0.05, 0) is 132 Å². The Morgan fingerprint density at radius 1 is 0.242 bits per heavy atom. The molecule has 0 atom stereocenters. The van der Waals surface area contributed by atoms with E-state index in [1.165, 1.54) is 0 Å². The third-order valence-corrected chi connectivity index (χ3v) is 24.2. The molecule has 14 nitrogen and oxygen atoms in total. The van der Waals surface area contributed by atoms with E-state index in [2.05, 4.69) is 126 Å². The molecule has 0 radical (unpaired) electrons. The normalized spacial score (nSPS) is 13.7. The van der Waals surface area contributed by atoms with Crippen LogP contribution in [0.2, 0.25) is 0 Å². The SMILES string of the molecule is Brc1cc(-c2ccccc2)nc(-c2ccccc2)n1.[2H]c1c([2H])c([2H])c(-c2nc(-c3ccccc3)nc(-c3cc(-c4cc(-c5ccccc5)nc(-c5ccccc5)n4)ccc3-n3c4ccccc4c4ccc(-c5ccccc5)cc43)n2)c([2H])c1[2H].[2H]c1c([2H])c([2H])c(-c2nc(-c3ccccc3)nc(-c3cc(B4OC(C)(C)C(C)(C)O4)ccc3-n3c4ccccc4c4ccc(-c5ccccc5)cc43)n2)c([2H])c1[2H]. The molecule has 22 aromatic rings. The fraction of sp³-hybridized carbons (Fsp3) is 0.0517. The topological polar surface area (TPSA) is 157 Å². The van der Waals surface area contributed by atoms with Crippen molar-refractivity contribution in [1.29, 1.82) is 0 Å². The van der Waals surface area contributed by atoms with Crippen LogP contribution in [0, 0.1) is 0 Å². The van der Waals surface area contributed by atoms with Crippen LogP contribution < -0.4 is 5.46 Å². The van der Waals surface area contributed by atoms with E-state index in [1.807, 2.05) is 313 Å². The first-order valence-corrected chi connectivity index (χ1v) is 44.0. The van der Waals surface area contributed by atoms with E-state index in [0.29, 0.717) is 33.8 Å². The molecule has 6 aromatic heterocycles. The maximum Gasteiger partial charge on any atom is 0.494 e. The molecule has 630 valence electrons. The summed E-state index contributed by atoms with van der Waals surface area (Å²) in [7, 11) is -0.707. The maximum atomic E-state index is 8.99. The Bertz CT molecular complexity index is 8440. The first-order chi connectivity index (χ1) is 69.0. The first kappa shape index (κ1) is 71.8. The number of benzene rings is 16. The van der Waals surface area contributed by atoms with Gasteiger partial charge in [-0.15, -0.1) is 0 Å². The lowest BCUT2D eigenvalue weighted by atomic mass is 9.78. The lowest BCUT2D eigenvalue weighted by Crippen LogP contribution is -2.41. The van der Waals surface area contributed by atoms with Crippen molar-refractivity contribution in [2.45, 2.75) is 38.9 Å². The van der Waals surface area contributed by atoms with Crippen molar-refractivity contribution < 1.29 is 23.0 Å². The highest BCUT2D eigenvalue weighted by Gasteiger charge is 2.52. The molecule has 0 aliphatic carbocycles. The number of rotatable bonds is 16. The summed E-state index contributed by atoms with van der Waals surface area (Å²) in [4.78, 5) is 49.1. The fourth-order valence-corrected chi connectivity index (χ4v) is 16.9. The fourth-order valence-electron chi connectivity index (χ4n) is 16.5. The molecule has 0 N–H and O–H groups in total. The van der Waals surface area contributed by atoms with Crippen LogP contribution in [0.25, 0.3) is 202 Å². The zero-order chi connectivity index (χ0) is 97.8. The van der Waals surface area contributed by atoms with Gasteiger partial charge in [0, 0.05) is 82.7 Å². The van der Waals surface area contributed by atoms with Gasteiger partial charge in [-0.2, -0.15) is 0 Å². The van der Waals surface area contributed by atoms with E-state index in [-0.39, 0.29) is 46.1 Å². The van der Waals surface area contributed by atoms with Crippen LogP contribution in [0.3, 0.4) is 0 Å². The molecule has 1 aliphatic heterocycles. The molecule has 132 heavy (non-hydrogen) atoms. The van der Waals surface area contributed by atoms with E-state index < -0.39 is 78.7 Å². The van der Waals surface area contributed by atoms with Gasteiger partial charge in [0.1, 0.15) is 4.60 Å². The highest BCUT2D eigenvalue weighted by molar-refractivity contribution is 9.10. The maximum absolute atomic E-state index is 8.99. The molecule has 1 aliphatic rings. The van der Waals surface area contributed by atoms with Gasteiger partial charge in [0.2, 0.25) is 0 Å². The van der Waals surface area contributed by atoms with Crippen molar-refractivity contribution in [1.82, 2.24) is 59.0 Å². The summed E-state index contributed by atoms with van der Waals surface area (Å²) in [6.07, 6.45) is 0. The van der Waals surface area contributed by atoms with Crippen LogP contribution in [0.5, 0.6) is 0 Å². The van der Waals surface area contributed by atoms with Crippen LogP contribution >= 0.6 is 15.9 Å². The zero-order valence-electron chi connectivity index (χ0n) is 81.9. The molecule has 0 spiro atoms. The molecule has 1 fully saturated rings. The average molecular weight is 1780 g/mol. The van der Waals surface area contributed by atoms with E-state index >= 15 is 0 Å². The third kappa shape index (κ3) is 16.9. The number of nitrogens with zero attached hydrogens (tertiary/aromatic N) is 12. The molecule has 23 rings (SSSR count). The highest BCUT2D eigenvalue weighted by atomic mass is 79.9. The smallest absolute Gasteiger partial charge is 0.399 e. The third-order valence-electron chi connectivity index (χ3n) is 23.8. The minimum atomic E-state index is -0.707. The summed E-state index contributed by atoms with van der Waals surface area (Å²) >= 11 is 3.46. The number of fused-ring (bicyclic) bond motifs is 6. The van der Waals surface area contributed by atoms with Crippen molar-refractivity contribution in [2.75, 3.05) is 0 Å². The minimum absolute atomic E-state index is 0.0450. The molecule has 1 saturated heterocycles. The Morgan fingerprint density at radius 3 is 0.955 bits per heavy atom. The van der Waals surface area contributed by atoms with Gasteiger partial charge in [-0.3, -0.25) is 0 Å². The minimum Gasteiger partial charge on any atom is -0.399 e. The van der Waals surface area contributed by atoms with E-state index in [1.54, 1.807) is 0 Å². The molecule has 16 aromatic carbocycles. The van der Waals surface area contributed by atoms with E-state index in [0.717, 1.165) is 132 Å². The predicted octanol–water partition coefficient (Wildman–Crippen LogP) is 27.9. The summed E-state index contributed by atoms with van der Waals surface area (Å²) in [5, 5.41) is 4.23. The average Bonchev–Trinajstić information content (AvgIpc) is 1.56. The summed E-state index contributed by atoms with van der Waals surface area (Å²) in [6, 6.07) is 120. The van der Waals surface area contributed by atoms with Gasteiger partial charge >= 0.3 is 7.12 Å². The second-order valence-electron chi connectivity index (χ2n) is 32.7. The second-order valence-corrected chi connectivity index (χ2v) is 33.5. The van der Waals surface area contributed by atoms with Crippen LogP contribution in [0.15, 0.2) is 441 Å².